The average molecular weight is 337 g/mol. The van der Waals surface area contributed by atoms with Crippen molar-refractivity contribution in [2.24, 2.45) is 0 Å². The van der Waals surface area contributed by atoms with Gasteiger partial charge in [-0.05, 0) is 36.8 Å². The number of hydrogen-bond acceptors (Lipinski definition) is 5. The van der Waals surface area contributed by atoms with E-state index in [-0.39, 0.29) is 11.9 Å². The highest BCUT2D eigenvalue weighted by Crippen LogP contribution is 2.25. The van der Waals surface area contributed by atoms with Crippen LogP contribution in [0.15, 0.2) is 48.7 Å². The quantitative estimate of drug-likeness (QED) is 0.769. The number of nitrogens with zero attached hydrogens (tertiary/aromatic N) is 2. The fraction of sp³-hybridized carbons (Fsp3) is 0.211. The molecule has 0 saturated heterocycles. The molecule has 128 valence electrons. The van der Waals surface area contributed by atoms with Gasteiger partial charge in [-0.15, -0.1) is 0 Å². The van der Waals surface area contributed by atoms with Crippen LogP contribution in [-0.2, 0) is 4.79 Å². The summed E-state index contributed by atoms with van der Waals surface area (Å²) in [6.45, 7) is 3.46. The Bertz CT molecular complexity index is 894. The van der Waals surface area contributed by atoms with Gasteiger partial charge in [-0.3, -0.25) is 4.79 Å². The molecule has 0 aliphatic carbocycles. The summed E-state index contributed by atoms with van der Waals surface area (Å²) in [5.74, 6) is 1.55. The Hall–Kier alpha value is -3.15. The van der Waals surface area contributed by atoms with Crippen molar-refractivity contribution in [1.29, 1.82) is 0 Å². The third kappa shape index (κ3) is 4.03. The third-order valence-corrected chi connectivity index (χ3v) is 3.75. The lowest BCUT2D eigenvalue weighted by atomic mass is 10.1. The minimum atomic E-state index is -0.0532. The summed E-state index contributed by atoms with van der Waals surface area (Å²) in [6.07, 6.45) is 1.59. The first-order chi connectivity index (χ1) is 12.0. The second-order valence-electron chi connectivity index (χ2n) is 5.66. The average Bonchev–Trinajstić information content (AvgIpc) is 2.61. The molecule has 0 bridgehead atoms. The summed E-state index contributed by atoms with van der Waals surface area (Å²) < 4.78 is 10.8. The number of ether oxygens (including phenoxy) is 2. The van der Waals surface area contributed by atoms with E-state index in [4.69, 9.17) is 9.47 Å². The molecule has 3 aromatic rings. The summed E-state index contributed by atoms with van der Waals surface area (Å²) in [5.41, 5.74) is 1.84. The molecule has 0 aliphatic heterocycles. The maximum Gasteiger partial charge on any atom is 0.219 e. The van der Waals surface area contributed by atoms with Gasteiger partial charge in [0.05, 0.1) is 24.9 Å². The zero-order valence-electron chi connectivity index (χ0n) is 14.3. The molecule has 2 aromatic heterocycles. The summed E-state index contributed by atoms with van der Waals surface area (Å²) in [6, 6.07) is 13.1. The van der Waals surface area contributed by atoms with Gasteiger partial charge in [-0.25, -0.2) is 9.97 Å². The van der Waals surface area contributed by atoms with Crippen molar-refractivity contribution in [3.05, 3.63) is 54.2 Å². The van der Waals surface area contributed by atoms with Crippen LogP contribution in [0.3, 0.4) is 0 Å². The smallest absolute Gasteiger partial charge is 0.219 e. The molecular weight excluding hydrogens is 318 g/mol. The first kappa shape index (κ1) is 16.7. The van der Waals surface area contributed by atoms with Crippen LogP contribution < -0.4 is 14.8 Å². The Kier molecular flexibility index (Phi) is 4.79. The monoisotopic (exact) mass is 337 g/mol. The molecule has 2 heterocycles. The van der Waals surface area contributed by atoms with Crippen LogP contribution in [0.25, 0.3) is 10.9 Å². The standard InChI is InChI=1S/C19H19N3O3/c1-12(21-13(2)23)14-4-7-17-15(10-14)5-8-19(22-17)25-16-6-9-18(24-3)20-11-16/h4-12H,1-3H3,(H,21,23). The Labute approximate surface area is 145 Å². The largest absolute Gasteiger partial charge is 0.481 e. The van der Waals surface area contributed by atoms with Crippen molar-refractivity contribution < 1.29 is 14.3 Å². The highest BCUT2D eigenvalue weighted by atomic mass is 16.5. The fourth-order valence-electron chi connectivity index (χ4n) is 2.51. The molecule has 0 saturated carbocycles. The maximum absolute atomic E-state index is 11.2. The number of nitrogens with one attached hydrogen (secondary N) is 1. The molecule has 0 aliphatic rings. The number of pyridine rings is 2. The van der Waals surface area contributed by atoms with Gasteiger partial charge in [0.25, 0.3) is 0 Å². The van der Waals surface area contributed by atoms with Crippen molar-refractivity contribution in [2.75, 3.05) is 7.11 Å². The van der Waals surface area contributed by atoms with Crippen LogP contribution >= 0.6 is 0 Å². The SMILES string of the molecule is COc1ccc(Oc2ccc3cc(C(C)NC(C)=O)ccc3n2)cn1. The number of carbonyl (C=O) groups excluding carboxylic acids is 1. The molecular formula is C19H19N3O3. The molecule has 1 unspecified atom stereocenters. The van der Waals surface area contributed by atoms with Gasteiger partial charge in [0.1, 0.15) is 5.75 Å². The molecule has 0 spiro atoms. The Balaban J connectivity index is 1.81. The number of fused-ring (bicyclic) bond motifs is 1. The molecule has 6 heteroatoms. The summed E-state index contributed by atoms with van der Waals surface area (Å²) in [5, 5.41) is 3.86. The van der Waals surface area contributed by atoms with E-state index in [1.807, 2.05) is 31.2 Å². The molecule has 0 fully saturated rings. The van der Waals surface area contributed by atoms with E-state index in [0.29, 0.717) is 17.5 Å². The first-order valence-corrected chi connectivity index (χ1v) is 7.91. The van der Waals surface area contributed by atoms with Crippen LogP contribution in [0.1, 0.15) is 25.5 Å². The van der Waals surface area contributed by atoms with Crippen molar-refractivity contribution in [3.8, 4) is 17.5 Å². The van der Waals surface area contributed by atoms with Crippen LogP contribution in [0.2, 0.25) is 0 Å². The van der Waals surface area contributed by atoms with Gasteiger partial charge in [-0.1, -0.05) is 6.07 Å². The predicted molar refractivity (Wildman–Crippen MR) is 94.8 cm³/mol. The number of amides is 1. The number of hydrogen-bond donors (Lipinski definition) is 1. The predicted octanol–water partition coefficient (Wildman–Crippen LogP) is 3.63. The van der Waals surface area contributed by atoms with E-state index in [2.05, 4.69) is 15.3 Å². The van der Waals surface area contributed by atoms with Gasteiger partial charge < -0.3 is 14.8 Å². The molecule has 0 radical (unpaired) electrons. The van der Waals surface area contributed by atoms with E-state index < -0.39 is 0 Å². The molecule has 6 nitrogen and oxygen atoms in total. The lowest BCUT2D eigenvalue weighted by molar-refractivity contribution is -0.119. The van der Waals surface area contributed by atoms with E-state index in [1.165, 1.54) is 6.92 Å². The minimum absolute atomic E-state index is 0.0526. The summed E-state index contributed by atoms with van der Waals surface area (Å²) in [4.78, 5) is 19.8. The number of aromatic nitrogens is 2. The van der Waals surface area contributed by atoms with Crippen LogP contribution in [0.4, 0.5) is 0 Å². The van der Waals surface area contributed by atoms with Gasteiger partial charge in [-0.2, -0.15) is 0 Å². The topological polar surface area (TPSA) is 73.3 Å². The Morgan fingerprint density at radius 1 is 1.12 bits per heavy atom. The number of benzene rings is 1. The number of rotatable bonds is 5. The van der Waals surface area contributed by atoms with E-state index in [1.54, 1.807) is 31.5 Å². The Morgan fingerprint density at radius 3 is 2.60 bits per heavy atom. The normalized spacial score (nSPS) is 11.8. The van der Waals surface area contributed by atoms with Gasteiger partial charge >= 0.3 is 0 Å². The van der Waals surface area contributed by atoms with Crippen LogP contribution in [0, 0.1) is 0 Å². The van der Waals surface area contributed by atoms with E-state index >= 15 is 0 Å². The lowest BCUT2D eigenvalue weighted by Crippen LogP contribution is -2.23. The molecule has 1 aromatic carbocycles. The molecule has 1 amide bonds. The zero-order valence-corrected chi connectivity index (χ0v) is 14.3. The molecule has 1 N–H and O–H groups in total. The highest BCUT2D eigenvalue weighted by molar-refractivity contribution is 5.80. The minimum Gasteiger partial charge on any atom is -0.481 e. The van der Waals surface area contributed by atoms with Crippen molar-refractivity contribution in [2.45, 2.75) is 19.9 Å². The van der Waals surface area contributed by atoms with Crippen LogP contribution in [0.5, 0.6) is 17.5 Å². The zero-order chi connectivity index (χ0) is 17.8. The van der Waals surface area contributed by atoms with E-state index in [9.17, 15) is 4.79 Å². The summed E-state index contributed by atoms with van der Waals surface area (Å²) in [7, 11) is 1.56. The molecule has 25 heavy (non-hydrogen) atoms. The second kappa shape index (κ2) is 7.17. The van der Waals surface area contributed by atoms with Crippen molar-refractivity contribution >= 4 is 16.8 Å². The highest BCUT2D eigenvalue weighted by Gasteiger charge is 2.08. The molecule has 1 atom stereocenters. The summed E-state index contributed by atoms with van der Waals surface area (Å²) >= 11 is 0. The van der Waals surface area contributed by atoms with Gasteiger partial charge in [0.15, 0.2) is 0 Å². The van der Waals surface area contributed by atoms with Gasteiger partial charge in [0.2, 0.25) is 17.7 Å². The van der Waals surface area contributed by atoms with Crippen molar-refractivity contribution in [3.63, 3.8) is 0 Å². The van der Waals surface area contributed by atoms with Crippen LogP contribution in [-0.4, -0.2) is 23.0 Å². The first-order valence-electron chi connectivity index (χ1n) is 7.91. The van der Waals surface area contributed by atoms with Crippen molar-refractivity contribution in [1.82, 2.24) is 15.3 Å². The van der Waals surface area contributed by atoms with E-state index in [0.717, 1.165) is 16.5 Å². The maximum atomic E-state index is 11.2. The Morgan fingerprint density at radius 2 is 1.92 bits per heavy atom. The van der Waals surface area contributed by atoms with Gasteiger partial charge in [0, 0.05) is 24.4 Å². The number of methoxy groups -OCH3 is 1. The third-order valence-electron chi connectivity index (χ3n) is 3.75. The lowest BCUT2D eigenvalue weighted by Gasteiger charge is -2.13. The fourth-order valence-corrected chi connectivity index (χ4v) is 2.51. The second-order valence-corrected chi connectivity index (χ2v) is 5.66. The number of carbonyl (C=O) groups is 1. The molecule has 3 rings (SSSR count).